The van der Waals surface area contributed by atoms with Gasteiger partial charge in [0, 0.05) is 38.2 Å². The molecule has 0 N–H and O–H groups in total. The molecule has 55 heavy (non-hydrogen) atoms. The highest BCUT2D eigenvalue weighted by molar-refractivity contribution is 6.18. The molecular formula is C51H34N4. The first-order valence-corrected chi connectivity index (χ1v) is 19.0. The molecule has 4 heteroatoms. The van der Waals surface area contributed by atoms with Crippen LogP contribution in [-0.4, -0.2) is 19.1 Å². The zero-order chi connectivity index (χ0) is 36.4. The number of benzene rings is 8. The SMILES string of the molecule is CC1(C)c2ccccc2-c2ccc(-c3nc4ccccc4nc3-n3c4ccccc4c4cc5cc6c(cc5cc43)c3ccccc3n6-c3ccccc3)cc21. The van der Waals surface area contributed by atoms with Gasteiger partial charge < -0.3 is 4.57 Å². The zero-order valence-corrected chi connectivity index (χ0v) is 30.5. The van der Waals surface area contributed by atoms with Crippen LogP contribution in [0, 0.1) is 0 Å². The third kappa shape index (κ3) is 4.22. The van der Waals surface area contributed by atoms with Crippen molar-refractivity contribution in [2.75, 3.05) is 0 Å². The van der Waals surface area contributed by atoms with Gasteiger partial charge in [-0.2, -0.15) is 0 Å². The monoisotopic (exact) mass is 702 g/mol. The fourth-order valence-electron chi connectivity index (χ4n) is 9.45. The molecule has 258 valence electrons. The number of fused-ring (bicyclic) bond motifs is 11. The molecule has 12 rings (SSSR count). The zero-order valence-electron chi connectivity index (χ0n) is 30.5. The number of hydrogen-bond acceptors (Lipinski definition) is 2. The molecule has 0 unspecified atom stereocenters. The van der Waals surface area contributed by atoms with Gasteiger partial charge in [0.05, 0.1) is 33.1 Å². The van der Waals surface area contributed by atoms with Crippen LogP contribution in [0.15, 0.2) is 170 Å². The summed E-state index contributed by atoms with van der Waals surface area (Å²) in [6, 6.07) is 61.6. The van der Waals surface area contributed by atoms with Crippen molar-refractivity contribution in [2.45, 2.75) is 19.3 Å². The molecule has 0 bridgehead atoms. The van der Waals surface area contributed by atoms with Gasteiger partial charge in [0.25, 0.3) is 0 Å². The van der Waals surface area contributed by atoms with Crippen LogP contribution < -0.4 is 0 Å². The summed E-state index contributed by atoms with van der Waals surface area (Å²) in [4.78, 5) is 10.9. The van der Waals surface area contributed by atoms with E-state index in [1.165, 1.54) is 65.6 Å². The molecule has 4 nitrogen and oxygen atoms in total. The van der Waals surface area contributed by atoms with E-state index >= 15 is 0 Å². The van der Waals surface area contributed by atoms with Crippen molar-refractivity contribution in [3.8, 4) is 33.9 Å². The average Bonchev–Trinajstić information content (AvgIpc) is 3.81. The molecule has 1 aliphatic rings. The van der Waals surface area contributed by atoms with E-state index in [4.69, 9.17) is 9.97 Å². The van der Waals surface area contributed by atoms with Crippen molar-refractivity contribution < 1.29 is 0 Å². The molecule has 0 aliphatic heterocycles. The second kappa shape index (κ2) is 11.0. The fourth-order valence-corrected chi connectivity index (χ4v) is 9.45. The standard InChI is InChI=1S/C51H34N4/c1-51(2)41-19-9-6-16-35(41)36-25-24-31(28-42(36)51)49-50(53-44-21-11-10-20-43(44)52-49)55-46-23-13-8-18-38(46)40-27-32-29-47-39(26-33(32)30-48(40)55)37-17-7-12-22-45(37)54(47)34-14-4-3-5-15-34/h3-30H,1-2H3. The lowest BCUT2D eigenvalue weighted by atomic mass is 9.82. The smallest absolute Gasteiger partial charge is 0.165 e. The van der Waals surface area contributed by atoms with E-state index in [0.717, 1.165) is 44.8 Å². The second-order valence-electron chi connectivity index (χ2n) is 15.4. The number of para-hydroxylation sites is 5. The molecule has 0 atom stereocenters. The molecule has 11 aromatic rings. The minimum atomic E-state index is -0.132. The average molecular weight is 703 g/mol. The summed E-state index contributed by atoms with van der Waals surface area (Å²) < 4.78 is 4.74. The highest BCUT2D eigenvalue weighted by Gasteiger charge is 2.35. The van der Waals surface area contributed by atoms with Gasteiger partial charge in [-0.15, -0.1) is 0 Å². The number of hydrogen-bond donors (Lipinski definition) is 0. The van der Waals surface area contributed by atoms with Crippen molar-refractivity contribution in [1.29, 1.82) is 0 Å². The molecular weight excluding hydrogens is 669 g/mol. The number of nitrogens with zero attached hydrogens (tertiary/aromatic N) is 4. The van der Waals surface area contributed by atoms with Crippen molar-refractivity contribution in [3.05, 3.63) is 181 Å². The van der Waals surface area contributed by atoms with Crippen molar-refractivity contribution >= 4 is 65.4 Å². The first kappa shape index (κ1) is 30.4. The molecule has 3 aromatic heterocycles. The molecule has 0 fully saturated rings. The summed E-state index contributed by atoms with van der Waals surface area (Å²) in [6.45, 7) is 4.67. The van der Waals surface area contributed by atoms with Crippen LogP contribution in [0.4, 0.5) is 0 Å². The predicted octanol–water partition coefficient (Wildman–Crippen LogP) is 13.0. The summed E-state index contributed by atoms with van der Waals surface area (Å²) >= 11 is 0. The minimum absolute atomic E-state index is 0.132. The van der Waals surface area contributed by atoms with Gasteiger partial charge in [-0.05, 0) is 99.8 Å². The second-order valence-corrected chi connectivity index (χ2v) is 15.4. The van der Waals surface area contributed by atoms with E-state index in [9.17, 15) is 0 Å². The van der Waals surface area contributed by atoms with Crippen LogP contribution in [0.2, 0.25) is 0 Å². The highest BCUT2D eigenvalue weighted by Crippen LogP contribution is 2.50. The summed E-state index contributed by atoms with van der Waals surface area (Å²) in [7, 11) is 0. The number of aromatic nitrogens is 4. The minimum Gasteiger partial charge on any atom is -0.309 e. The molecule has 8 aromatic carbocycles. The normalized spacial score (nSPS) is 13.4. The Balaban J connectivity index is 1.15. The van der Waals surface area contributed by atoms with Crippen LogP contribution in [0.3, 0.4) is 0 Å². The van der Waals surface area contributed by atoms with Crippen LogP contribution in [0.1, 0.15) is 25.0 Å². The van der Waals surface area contributed by atoms with Gasteiger partial charge in [-0.3, -0.25) is 4.57 Å². The fraction of sp³-hybridized carbons (Fsp3) is 0.0588. The van der Waals surface area contributed by atoms with E-state index in [1.807, 2.05) is 12.1 Å². The van der Waals surface area contributed by atoms with Crippen molar-refractivity contribution in [3.63, 3.8) is 0 Å². The van der Waals surface area contributed by atoms with Gasteiger partial charge in [-0.25, -0.2) is 9.97 Å². The summed E-state index contributed by atoms with van der Waals surface area (Å²) in [5.74, 6) is 0.833. The quantitative estimate of drug-likeness (QED) is 0.184. The molecule has 0 radical (unpaired) electrons. The van der Waals surface area contributed by atoms with Gasteiger partial charge in [-0.1, -0.05) is 117 Å². The Hall–Kier alpha value is -7.04. The largest absolute Gasteiger partial charge is 0.309 e. The van der Waals surface area contributed by atoms with Crippen molar-refractivity contribution in [1.82, 2.24) is 19.1 Å². The highest BCUT2D eigenvalue weighted by atomic mass is 15.1. The third-order valence-electron chi connectivity index (χ3n) is 12.1. The Morgan fingerprint density at radius 3 is 1.71 bits per heavy atom. The predicted molar refractivity (Wildman–Crippen MR) is 229 cm³/mol. The van der Waals surface area contributed by atoms with E-state index in [1.54, 1.807) is 0 Å². The molecule has 0 amide bonds. The Labute approximate surface area is 317 Å². The van der Waals surface area contributed by atoms with Gasteiger partial charge in [0.2, 0.25) is 0 Å². The summed E-state index contributed by atoms with van der Waals surface area (Å²) in [5.41, 5.74) is 14.6. The molecule has 0 saturated heterocycles. The Morgan fingerprint density at radius 1 is 0.418 bits per heavy atom. The van der Waals surface area contributed by atoms with E-state index in [0.29, 0.717) is 0 Å². The van der Waals surface area contributed by atoms with Crippen molar-refractivity contribution in [2.24, 2.45) is 0 Å². The first-order valence-electron chi connectivity index (χ1n) is 19.0. The molecule has 0 saturated carbocycles. The maximum atomic E-state index is 5.47. The maximum Gasteiger partial charge on any atom is 0.165 e. The van der Waals surface area contributed by atoms with E-state index < -0.39 is 0 Å². The van der Waals surface area contributed by atoms with Crippen LogP contribution in [0.5, 0.6) is 0 Å². The Kier molecular flexibility index (Phi) is 6.09. The topological polar surface area (TPSA) is 35.6 Å². The van der Waals surface area contributed by atoms with E-state index in [2.05, 4.69) is 181 Å². The lowest BCUT2D eigenvalue weighted by Crippen LogP contribution is -2.15. The molecule has 3 heterocycles. The van der Waals surface area contributed by atoms with Gasteiger partial charge >= 0.3 is 0 Å². The van der Waals surface area contributed by atoms with Crippen LogP contribution >= 0.6 is 0 Å². The third-order valence-corrected chi connectivity index (χ3v) is 12.1. The Morgan fingerprint density at radius 2 is 0.982 bits per heavy atom. The van der Waals surface area contributed by atoms with E-state index in [-0.39, 0.29) is 5.41 Å². The lowest BCUT2D eigenvalue weighted by molar-refractivity contribution is 0.660. The maximum absolute atomic E-state index is 5.47. The molecule has 0 spiro atoms. The van der Waals surface area contributed by atoms with Gasteiger partial charge in [0.1, 0.15) is 5.69 Å². The summed E-state index contributed by atoms with van der Waals surface area (Å²) in [6.07, 6.45) is 0. The first-order chi connectivity index (χ1) is 27.0. The Bertz CT molecular complexity index is 3400. The molecule has 1 aliphatic carbocycles. The van der Waals surface area contributed by atoms with Crippen LogP contribution in [-0.2, 0) is 5.41 Å². The summed E-state index contributed by atoms with van der Waals surface area (Å²) in [5, 5.41) is 7.25. The number of rotatable bonds is 3. The van der Waals surface area contributed by atoms with Crippen LogP contribution in [0.25, 0.3) is 99.3 Å². The lowest BCUT2D eigenvalue weighted by Gasteiger charge is -2.22. The van der Waals surface area contributed by atoms with Gasteiger partial charge in [0.15, 0.2) is 5.82 Å².